The fraction of sp³-hybridized carbons (Fsp3) is 1.00. The first-order chi connectivity index (χ1) is 4.83. The van der Waals surface area contributed by atoms with Crippen LogP contribution in [0.4, 0.5) is 0 Å². The quantitative estimate of drug-likeness (QED) is 0.549. The molecule has 0 aromatic heterocycles. The molecule has 10 heavy (non-hydrogen) atoms. The molecule has 2 nitrogen and oxygen atoms in total. The third-order valence-electron chi connectivity index (χ3n) is 2.28. The van der Waals surface area contributed by atoms with Gasteiger partial charge in [-0.05, 0) is 38.9 Å². The zero-order valence-electron chi connectivity index (χ0n) is 7.01. The van der Waals surface area contributed by atoms with E-state index in [1.165, 1.54) is 25.9 Å². The fourth-order valence-electron chi connectivity index (χ4n) is 1.50. The van der Waals surface area contributed by atoms with Gasteiger partial charge in [0.15, 0.2) is 0 Å². The van der Waals surface area contributed by atoms with Gasteiger partial charge in [0.05, 0.1) is 0 Å². The number of hydrogen-bond donors (Lipinski definition) is 0. The molecule has 1 fully saturated rings. The standard InChI is InChI=1S/C8H17N2/c1-9-7-8-3-5-10(2)6-4-8/h8H,3-7H2,1-2H3. The second-order valence-corrected chi connectivity index (χ2v) is 3.25. The van der Waals surface area contributed by atoms with Crippen LogP contribution in [-0.2, 0) is 0 Å². The molecule has 0 aliphatic carbocycles. The molecule has 0 amide bonds. The number of likely N-dealkylation sites (tertiary alicyclic amines) is 1. The van der Waals surface area contributed by atoms with Crippen molar-refractivity contribution in [1.29, 1.82) is 0 Å². The van der Waals surface area contributed by atoms with Crippen molar-refractivity contribution in [1.82, 2.24) is 10.2 Å². The van der Waals surface area contributed by atoms with Crippen LogP contribution in [0.25, 0.3) is 0 Å². The van der Waals surface area contributed by atoms with E-state index in [1.807, 2.05) is 7.05 Å². The molecule has 1 radical (unpaired) electrons. The zero-order chi connectivity index (χ0) is 7.40. The molecule has 59 valence electrons. The molecule has 0 bridgehead atoms. The van der Waals surface area contributed by atoms with Crippen molar-refractivity contribution in [2.24, 2.45) is 5.92 Å². The molecule has 2 heteroatoms. The highest BCUT2D eigenvalue weighted by Crippen LogP contribution is 2.14. The van der Waals surface area contributed by atoms with Crippen LogP contribution in [-0.4, -0.2) is 38.6 Å². The molecular weight excluding hydrogens is 124 g/mol. The summed E-state index contributed by atoms with van der Waals surface area (Å²) >= 11 is 0. The van der Waals surface area contributed by atoms with Gasteiger partial charge in [0.2, 0.25) is 0 Å². The molecule has 0 aromatic carbocycles. The highest BCUT2D eigenvalue weighted by Gasteiger charge is 2.15. The van der Waals surface area contributed by atoms with Gasteiger partial charge < -0.3 is 4.90 Å². The van der Waals surface area contributed by atoms with Crippen molar-refractivity contribution in [3.8, 4) is 0 Å². The molecular formula is C8H17N2. The molecule has 1 aliphatic rings. The van der Waals surface area contributed by atoms with E-state index in [0.717, 1.165) is 12.5 Å². The summed E-state index contributed by atoms with van der Waals surface area (Å²) in [5.41, 5.74) is 0. The Hall–Kier alpha value is -0.0800. The average Bonchev–Trinajstić information content (AvgIpc) is 1.95. The molecule has 0 atom stereocenters. The number of piperidine rings is 1. The van der Waals surface area contributed by atoms with Crippen LogP contribution >= 0.6 is 0 Å². The van der Waals surface area contributed by atoms with Crippen molar-refractivity contribution < 1.29 is 0 Å². The van der Waals surface area contributed by atoms with E-state index in [1.54, 1.807) is 0 Å². The van der Waals surface area contributed by atoms with Gasteiger partial charge in [0.25, 0.3) is 0 Å². The van der Waals surface area contributed by atoms with Crippen molar-refractivity contribution in [3.63, 3.8) is 0 Å². The summed E-state index contributed by atoms with van der Waals surface area (Å²) in [5.74, 6) is 0.876. The lowest BCUT2D eigenvalue weighted by atomic mass is 9.97. The van der Waals surface area contributed by atoms with Gasteiger partial charge in [-0.2, -0.15) is 0 Å². The minimum Gasteiger partial charge on any atom is -0.306 e. The number of nitrogens with zero attached hydrogens (tertiary/aromatic N) is 2. The normalized spacial score (nSPS) is 23.4. The third-order valence-corrected chi connectivity index (χ3v) is 2.28. The van der Waals surface area contributed by atoms with E-state index in [9.17, 15) is 0 Å². The molecule has 1 aliphatic heterocycles. The van der Waals surface area contributed by atoms with Crippen LogP contribution in [0.1, 0.15) is 12.8 Å². The topological polar surface area (TPSA) is 17.3 Å². The Bertz CT molecular complexity index is 85.3. The summed E-state index contributed by atoms with van der Waals surface area (Å²) < 4.78 is 0. The van der Waals surface area contributed by atoms with Gasteiger partial charge >= 0.3 is 0 Å². The lowest BCUT2D eigenvalue weighted by molar-refractivity contribution is 0.217. The Labute approximate surface area is 63.6 Å². The van der Waals surface area contributed by atoms with Gasteiger partial charge in [-0.3, -0.25) is 0 Å². The molecule has 0 saturated carbocycles. The van der Waals surface area contributed by atoms with E-state index in [-0.39, 0.29) is 0 Å². The third kappa shape index (κ3) is 2.27. The van der Waals surface area contributed by atoms with Crippen molar-refractivity contribution in [2.75, 3.05) is 33.7 Å². The zero-order valence-corrected chi connectivity index (χ0v) is 7.01. The predicted octanol–water partition coefficient (Wildman–Crippen LogP) is 0.562. The average molecular weight is 141 g/mol. The first-order valence-corrected chi connectivity index (χ1v) is 4.07. The van der Waals surface area contributed by atoms with Crippen LogP contribution in [0.5, 0.6) is 0 Å². The highest BCUT2D eigenvalue weighted by atomic mass is 15.1. The maximum atomic E-state index is 4.17. The van der Waals surface area contributed by atoms with E-state index in [2.05, 4.69) is 17.3 Å². The smallest absolute Gasteiger partial charge is 0.0159 e. The number of rotatable bonds is 2. The van der Waals surface area contributed by atoms with Crippen LogP contribution < -0.4 is 5.32 Å². The van der Waals surface area contributed by atoms with Crippen LogP contribution in [0, 0.1) is 5.92 Å². The first-order valence-electron chi connectivity index (χ1n) is 4.07. The molecule has 0 spiro atoms. The second kappa shape index (κ2) is 3.94. The summed E-state index contributed by atoms with van der Waals surface area (Å²) in [6.07, 6.45) is 2.68. The molecule has 0 unspecified atom stereocenters. The Morgan fingerprint density at radius 2 is 2.00 bits per heavy atom. The SMILES string of the molecule is C[N]CC1CCN(C)CC1. The molecule has 1 rings (SSSR count). The Balaban J connectivity index is 2.13. The Morgan fingerprint density at radius 3 is 2.50 bits per heavy atom. The minimum absolute atomic E-state index is 0.876. The van der Waals surface area contributed by atoms with E-state index < -0.39 is 0 Å². The fourth-order valence-corrected chi connectivity index (χ4v) is 1.50. The molecule has 1 heterocycles. The van der Waals surface area contributed by atoms with Gasteiger partial charge in [0, 0.05) is 13.6 Å². The molecule has 0 aromatic rings. The van der Waals surface area contributed by atoms with Gasteiger partial charge in [-0.15, -0.1) is 0 Å². The van der Waals surface area contributed by atoms with Crippen LogP contribution in [0.3, 0.4) is 0 Å². The minimum atomic E-state index is 0.876. The Morgan fingerprint density at radius 1 is 1.40 bits per heavy atom. The predicted molar refractivity (Wildman–Crippen MR) is 43.1 cm³/mol. The summed E-state index contributed by atoms with van der Waals surface area (Å²) in [6, 6.07) is 0. The second-order valence-electron chi connectivity index (χ2n) is 3.25. The maximum Gasteiger partial charge on any atom is 0.0159 e. The summed E-state index contributed by atoms with van der Waals surface area (Å²) in [7, 11) is 4.11. The van der Waals surface area contributed by atoms with Crippen molar-refractivity contribution in [3.05, 3.63) is 0 Å². The van der Waals surface area contributed by atoms with Gasteiger partial charge in [-0.25, -0.2) is 5.32 Å². The lowest BCUT2D eigenvalue weighted by Crippen LogP contribution is -2.32. The number of hydrogen-bond acceptors (Lipinski definition) is 1. The largest absolute Gasteiger partial charge is 0.306 e. The Kier molecular flexibility index (Phi) is 3.16. The lowest BCUT2D eigenvalue weighted by Gasteiger charge is -2.28. The highest BCUT2D eigenvalue weighted by molar-refractivity contribution is 4.70. The van der Waals surface area contributed by atoms with Gasteiger partial charge in [0.1, 0.15) is 0 Å². The van der Waals surface area contributed by atoms with Crippen LogP contribution in [0.2, 0.25) is 0 Å². The summed E-state index contributed by atoms with van der Waals surface area (Å²) in [4.78, 5) is 2.40. The molecule has 0 N–H and O–H groups in total. The van der Waals surface area contributed by atoms with Crippen molar-refractivity contribution >= 4 is 0 Å². The summed E-state index contributed by atoms with van der Waals surface area (Å²) in [6.45, 7) is 3.61. The monoisotopic (exact) mass is 141 g/mol. The molecule has 1 saturated heterocycles. The van der Waals surface area contributed by atoms with Gasteiger partial charge in [-0.1, -0.05) is 0 Å². The van der Waals surface area contributed by atoms with E-state index in [0.29, 0.717) is 0 Å². The van der Waals surface area contributed by atoms with E-state index >= 15 is 0 Å². The van der Waals surface area contributed by atoms with Crippen LogP contribution in [0.15, 0.2) is 0 Å². The van der Waals surface area contributed by atoms with E-state index in [4.69, 9.17) is 0 Å². The van der Waals surface area contributed by atoms with Crippen molar-refractivity contribution in [2.45, 2.75) is 12.8 Å². The summed E-state index contributed by atoms with van der Waals surface area (Å²) in [5, 5.41) is 4.17. The maximum absolute atomic E-state index is 4.17. The first kappa shape index (κ1) is 8.02.